The summed E-state index contributed by atoms with van der Waals surface area (Å²) in [6.45, 7) is 4.44. The van der Waals surface area contributed by atoms with Crippen LogP contribution in [0.15, 0.2) is 48.5 Å². The molecule has 0 spiro atoms. The maximum atomic E-state index is 11.8. The summed E-state index contributed by atoms with van der Waals surface area (Å²) in [6, 6.07) is 14.5. The zero-order chi connectivity index (χ0) is 15.9. The Bertz CT molecular complexity index is 691. The van der Waals surface area contributed by atoms with Crippen LogP contribution < -0.4 is 5.32 Å². The van der Waals surface area contributed by atoms with Crippen molar-refractivity contribution >= 4 is 5.91 Å². The highest BCUT2D eigenvalue weighted by Gasteiger charge is 2.13. The van der Waals surface area contributed by atoms with Crippen LogP contribution in [0, 0.1) is 11.8 Å². The van der Waals surface area contributed by atoms with E-state index in [0.717, 1.165) is 16.7 Å². The Morgan fingerprint density at radius 1 is 1.05 bits per heavy atom. The molecular weight excluding hydrogens is 274 g/mol. The molecule has 0 aromatic heterocycles. The molecule has 112 valence electrons. The Morgan fingerprint density at radius 2 is 1.55 bits per heavy atom. The van der Waals surface area contributed by atoms with Crippen LogP contribution in [-0.4, -0.2) is 17.6 Å². The number of amides is 1. The van der Waals surface area contributed by atoms with Crippen molar-refractivity contribution < 1.29 is 9.90 Å². The molecule has 0 radical (unpaired) electrons. The monoisotopic (exact) mass is 293 g/mol. The van der Waals surface area contributed by atoms with Gasteiger partial charge in [-0.1, -0.05) is 24.0 Å². The molecule has 2 N–H and O–H groups in total. The molecule has 0 bridgehead atoms. The van der Waals surface area contributed by atoms with E-state index in [1.165, 1.54) is 0 Å². The van der Waals surface area contributed by atoms with Gasteiger partial charge in [-0.05, 0) is 55.8 Å². The van der Waals surface area contributed by atoms with E-state index in [1.807, 2.05) is 38.1 Å². The third-order valence-electron chi connectivity index (χ3n) is 3.37. The first-order valence-corrected chi connectivity index (χ1v) is 7.29. The molecule has 2 aromatic carbocycles. The van der Waals surface area contributed by atoms with Gasteiger partial charge in [-0.3, -0.25) is 4.79 Å². The number of likely N-dealkylation sites (N-methyl/N-ethyl adjacent to an activating group) is 1. The normalized spacial score (nSPS) is 11.2. The van der Waals surface area contributed by atoms with Gasteiger partial charge in [-0.15, -0.1) is 0 Å². The minimum absolute atomic E-state index is 0.0328. The van der Waals surface area contributed by atoms with Gasteiger partial charge in [0.15, 0.2) is 0 Å². The van der Waals surface area contributed by atoms with E-state index in [1.54, 1.807) is 24.3 Å². The lowest BCUT2D eigenvalue weighted by atomic mass is 9.99. The smallest absolute Gasteiger partial charge is 0.227 e. The molecule has 1 amide bonds. The molecule has 22 heavy (non-hydrogen) atoms. The van der Waals surface area contributed by atoms with E-state index in [0.29, 0.717) is 6.54 Å². The average Bonchev–Trinajstić information content (AvgIpc) is 2.54. The lowest BCUT2D eigenvalue weighted by molar-refractivity contribution is -0.122. The zero-order valence-corrected chi connectivity index (χ0v) is 12.8. The third-order valence-corrected chi connectivity index (χ3v) is 3.37. The second-order valence-electron chi connectivity index (χ2n) is 5.04. The molecule has 0 fully saturated rings. The minimum Gasteiger partial charge on any atom is -0.508 e. The Hall–Kier alpha value is -2.73. The molecule has 2 rings (SSSR count). The summed E-state index contributed by atoms with van der Waals surface area (Å²) >= 11 is 0. The van der Waals surface area contributed by atoms with Crippen LogP contribution in [0.1, 0.15) is 36.5 Å². The number of carbonyl (C=O) groups excluding carboxylic acids is 1. The van der Waals surface area contributed by atoms with E-state index in [2.05, 4.69) is 17.2 Å². The number of hydrogen-bond acceptors (Lipinski definition) is 2. The number of rotatable bonds is 3. The number of hydrogen-bond donors (Lipinski definition) is 2. The van der Waals surface area contributed by atoms with Crippen molar-refractivity contribution in [3.8, 4) is 17.6 Å². The van der Waals surface area contributed by atoms with Crippen molar-refractivity contribution in [1.29, 1.82) is 0 Å². The van der Waals surface area contributed by atoms with Gasteiger partial charge in [0.05, 0.1) is 5.92 Å². The summed E-state index contributed by atoms with van der Waals surface area (Å²) < 4.78 is 0. The Kier molecular flexibility index (Phi) is 5.21. The van der Waals surface area contributed by atoms with Gasteiger partial charge < -0.3 is 10.4 Å². The van der Waals surface area contributed by atoms with Gasteiger partial charge in [0.25, 0.3) is 0 Å². The van der Waals surface area contributed by atoms with E-state index in [-0.39, 0.29) is 17.6 Å². The van der Waals surface area contributed by atoms with Crippen LogP contribution in [-0.2, 0) is 4.79 Å². The van der Waals surface area contributed by atoms with Gasteiger partial charge in [0.1, 0.15) is 5.75 Å². The van der Waals surface area contributed by atoms with Crippen LogP contribution >= 0.6 is 0 Å². The molecule has 0 heterocycles. The van der Waals surface area contributed by atoms with Gasteiger partial charge in [0, 0.05) is 17.7 Å². The van der Waals surface area contributed by atoms with Crippen LogP contribution in [0.25, 0.3) is 0 Å². The second kappa shape index (κ2) is 7.33. The fourth-order valence-electron chi connectivity index (χ4n) is 2.02. The summed E-state index contributed by atoms with van der Waals surface area (Å²) in [5.41, 5.74) is 2.71. The van der Waals surface area contributed by atoms with E-state index >= 15 is 0 Å². The fraction of sp³-hybridized carbons (Fsp3) is 0.211. The van der Waals surface area contributed by atoms with Crippen molar-refractivity contribution in [2.45, 2.75) is 19.8 Å². The molecule has 0 aliphatic carbocycles. The van der Waals surface area contributed by atoms with Crippen molar-refractivity contribution in [3.05, 3.63) is 65.2 Å². The molecule has 2 aromatic rings. The quantitative estimate of drug-likeness (QED) is 0.855. The maximum absolute atomic E-state index is 11.8. The van der Waals surface area contributed by atoms with Gasteiger partial charge in [-0.2, -0.15) is 0 Å². The largest absolute Gasteiger partial charge is 0.508 e. The first-order chi connectivity index (χ1) is 10.6. The molecule has 0 unspecified atom stereocenters. The topological polar surface area (TPSA) is 49.3 Å². The van der Waals surface area contributed by atoms with Crippen molar-refractivity contribution in [2.75, 3.05) is 6.54 Å². The predicted octanol–water partition coefficient (Wildman–Crippen LogP) is 3.03. The lowest BCUT2D eigenvalue weighted by Gasteiger charge is -2.11. The van der Waals surface area contributed by atoms with Crippen LogP contribution in [0.4, 0.5) is 0 Å². The number of carbonyl (C=O) groups is 1. The summed E-state index contributed by atoms with van der Waals surface area (Å²) in [6.07, 6.45) is 0. The molecule has 3 heteroatoms. The molecule has 1 atom stereocenters. The predicted molar refractivity (Wildman–Crippen MR) is 87.6 cm³/mol. The highest BCUT2D eigenvalue weighted by atomic mass is 16.3. The van der Waals surface area contributed by atoms with Gasteiger partial charge in [-0.25, -0.2) is 0 Å². The van der Waals surface area contributed by atoms with E-state index < -0.39 is 0 Å². The number of phenols is 1. The molecule has 0 aliphatic rings. The zero-order valence-electron chi connectivity index (χ0n) is 12.8. The average molecular weight is 293 g/mol. The molecular formula is C19H19NO2. The highest BCUT2D eigenvalue weighted by molar-refractivity contribution is 5.83. The standard InChI is InChI=1S/C19H19NO2/c1-3-20-19(22)14(2)17-10-6-15(7-11-17)4-5-16-8-12-18(21)13-9-16/h6-14,21H,3H2,1-2H3,(H,20,22)/t14-/m0/s1. The number of nitrogens with one attached hydrogen (secondary N) is 1. The third kappa shape index (κ3) is 4.13. The van der Waals surface area contributed by atoms with Crippen LogP contribution in [0.5, 0.6) is 5.75 Å². The highest BCUT2D eigenvalue weighted by Crippen LogP contribution is 2.16. The Labute approximate surface area is 131 Å². The van der Waals surface area contributed by atoms with Crippen LogP contribution in [0.2, 0.25) is 0 Å². The summed E-state index contributed by atoms with van der Waals surface area (Å²) in [4.78, 5) is 11.8. The SMILES string of the molecule is CCNC(=O)[C@@H](C)c1ccc(C#Cc2ccc(O)cc2)cc1. The summed E-state index contributed by atoms with van der Waals surface area (Å²) in [7, 11) is 0. The number of phenolic OH excluding ortho intramolecular Hbond substituents is 1. The van der Waals surface area contributed by atoms with Crippen LogP contribution in [0.3, 0.4) is 0 Å². The second-order valence-corrected chi connectivity index (χ2v) is 5.04. The fourth-order valence-corrected chi connectivity index (χ4v) is 2.02. The lowest BCUT2D eigenvalue weighted by Crippen LogP contribution is -2.27. The maximum Gasteiger partial charge on any atom is 0.227 e. The molecule has 3 nitrogen and oxygen atoms in total. The minimum atomic E-state index is -0.168. The first kappa shape index (κ1) is 15.7. The van der Waals surface area contributed by atoms with E-state index in [4.69, 9.17) is 0 Å². The summed E-state index contributed by atoms with van der Waals surface area (Å²) in [5, 5.41) is 12.0. The number of benzene rings is 2. The molecule has 0 saturated heterocycles. The van der Waals surface area contributed by atoms with Crippen molar-refractivity contribution in [2.24, 2.45) is 0 Å². The summed E-state index contributed by atoms with van der Waals surface area (Å²) in [5.74, 6) is 6.20. The Balaban J connectivity index is 2.09. The first-order valence-electron chi connectivity index (χ1n) is 7.29. The van der Waals surface area contributed by atoms with E-state index in [9.17, 15) is 9.90 Å². The Morgan fingerprint density at radius 3 is 2.05 bits per heavy atom. The molecule has 0 aliphatic heterocycles. The molecule has 0 saturated carbocycles. The van der Waals surface area contributed by atoms with Gasteiger partial charge >= 0.3 is 0 Å². The van der Waals surface area contributed by atoms with Crippen molar-refractivity contribution in [1.82, 2.24) is 5.32 Å². The number of aromatic hydroxyl groups is 1. The van der Waals surface area contributed by atoms with Gasteiger partial charge in [0.2, 0.25) is 5.91 Å². The van der Waals surface area contributed by atoms with Crippen molar-refractivity contribution in [3.63, 3.8) is 0 Å².